The van der Waals surface area contributed by atoms with Gasteiger partial charge in [-0.05, 0) is 30.7 Å². The molecule has 2 nitrogen and oxygen atoms in total. The Morgan fingerprint density at radius 2 is 2.42 bits per heavy atom. The summed E-state index contributed by atoms with van der Waals surface area (Å²) in [7, 11) is 0. The van der Waals surface area contributed by atoms with Gasteiger partial charge in [0.2, 0.25) is 0 Å². The minimum atomic E-state index is -0.676. The lowest BCUT2D eigenvalue weighted by atomic mass is 10.2. The summed E-state index contributed by atoms with van der Waals surface area (Å²) in [6.45, 7) is 1.72. The second-order valence-electron chi connectivity index (χ2n) is 2.29. The fourth-order valence-corrected chi connectivity index (χ4v) is 0.959. The van der Waals surface area contributed by atoms with Gasteiger partial charge in [-0.15, -0.1) is 11.8 Å². The van der Waals surface area contributed by atoms with Crippen molar-refractivity contribution < 1.29 is 9.52 Å². The molecule has 1 rings (SSSR count). The van der Waals surface area contributed by atoms with E-state index < -0.39 is 6.10 Å². The second-order valence-corrected chi connectivity index (χ2v) is 2.66. The minimum Gasteiger partial charge on any atom is -0.447 e. The van der Waals surface area contributed by atoms with Gasteiger partial charge in [-0.25, -0.2) is 0 Å². The molecule has 3 heteroatoms. The van der Waals surface area contributed by atoms with Crippen molar-refractivity contribution in [2.75, 3.05) is 0 Å². The number of furan rings is 1. The molecule has 0 bridgehead atoms. The van der Waals surface area contributed by atoms with Gasteiger partial charge < -0.3 is 9.52 Å². The summed E-state index contributed by atoms with van der Waals surface area (Å²) >= 11 is 5.52. The van der Waals surface area contributed by atoms with Crippen LogP contribution in [0.4, 0.5) is 0 Å². The van der Waals surface area contributed by atoms with Crippen molar-refractivity contribution in [3.8, 4) is 11.8 Å². The number of hydrogen-bond acceptors (Lipinski definition) is 2. The van der Waals surface area contributed by atoms with Crippen molar-refractivity contribution in [3.05, 3.63) is 23.1 Å². The van der Waals surface area contributed by atoms with Gasteiger partial charge in [0.15, 0.2) is 5.22 Å². The molecule has 0 aliphatic heterocycles. The molecule has 0 aromatic carbocycles. The average Bonchev–Trinajstić information content (AvgIpc) is 2.47. The SMILES string of the molecule is CC#CCC(O)c1ccc(Cl)o1. The van der Waals surface area contributed by atoms with Gasteiger partial charge in [0.1, 0.15) is 11.9 Å². The van der Waals surface area contributed by atoms with Crippen LogP contribution in [0.15, 0.2) is 16.5 Å². The Bertz CT molecular complexity index is 306. The van der Waals surface area contributed by atoms with Gasteiger partial charge >= 0.3 is 0 Å². The van der Waals surface area contributed by atoms with E-state index in [1.54, 1.807) is 19.1 Å². The van der Waals surface area contributed by atoms with Gasteiger partial charge in [-0.1, -0.05) is 0 Å². The lowest BCUT2D eigenvalue weighted by Crippen LogP contribution is -1.92. The molecule has 0 spiro atoms. The van der Waals surface area contributed by atoms with E-state index in [0.717, 1.165) is 0 Å². The Morgan fingerprint density at radius 3 is 2.92 bits per heavy atom. The quantitative estimate of drug-likeness (QED) is 0.716. The van der Waals surface area contributed by atoms with Crippen molar-refractivity contribution in [3.63, 3.8) is 0 Å². The lowest BCUT2D eigenvalue weighted by Gasteiger charge is -2.00. The Balaban J connectivity index is 2.62. The van der Waals surface area contributed by atoms with E-state index in [0.29, 0.717) is 12.2 Å². The molecule has 1 aromatic heterocycles. The molecule has 1 N–H and O–H groups in total. The van der Waals surface area contributed by atoms with Crippen molar-refractivity contribution >= 4 is 11.6 Å². The third-order valence-electron chi connectivity index (χ3n) is 1.39. The number of hydrogen-bond donors (Lipinski definition) is 1. The van der Waals surface area contributed by atoms with Crippen LogP contribution in [-0.4, -0.2) is 5.11 Å². The highest BCUT2D eigenvalue weighted by Gasteiger charge is 2.09. The van der Waals surface area contributed by atoms with Crippen molar-refractivity contribution in [1.29, 1.82) is 0 Å². The van der Waals surface area contributed by atoms with E-state index in [-0.39, 0.29) is 5.22 Å². The second kappa shape index (κ2) is 4.20. The summed E-state index contributed by atoms with van der Waals surface area (Å²) in [5.74, 6) is 5.90. The van der Waals surface area contributed by atoms with Crippen LogP contribution in [0.5, 0.6) is 0 Å². The largest absolute Gasteiger partial charge is 0.447 e. The topological polar surface area (TPSA) is 33.4 Å². The summed E-state index contributed by atoms with van der Waals surface area (Å²) in [6.07, 6.45) is -0.301. The van der Waals surface area contributed by atoms with Crippen LogP contribution in [0.25, 0.3) is 0 Å². The van der Waals surface area contributed by atoms with Gasteiger partial charge in [-0.2, -0.15) is 0 Å². The predicted octanol–water partition coefficient (Wildman–Crippen LogP) is 2.38. The van der Waals surface area contributed by atoms with Gasteiger partial charge in [-0.3, -0.25) is 0 Å². The first-order valence-electron chi connectivity index (χ1n) is 3.57. The van der Waals surface area contributed by atoms with Crippen LogP contribution >= 0.6 is 11.6 Å². The molecule has 1 atom stereocenters. The summed E-state index contributed by atoms with van der Waals surface area (Å²) in [5, 5.41) is 9.70. The molecule has 0 saturated carbocycles. The third-order valence-corrected chi connectivity index (χ3v) is 1.60. The van der Waals surface area contributed by atoms with E-state index in [4.69, 9.17) is 16.0 Å². The van der Waals surface area contributed by atoms with E-state index in [9.17, 15) is 5.11 Å². The Labute approximate surface area is 76.1 Å². The maximum atomic E-state index is 9.41. The van der Waals surface area contributed by atoms with E-state index >= 15 is 0 Å². The molecule has 0 fully saturated rings. The molecule has 1 aromatic rings. The molecule has 0 aliphatic carbocycles. The van der Waals surface area contributed by atoms with Crippen LogP contribution in [0.3, 0.4) is 0 Å². The minimum absolute atomic E-state index is 0.286. The molecule has 64 valence electrons. The monoisotopic (exact) mass is 184 g/mol. The first-order chi connectivity index (χ1) is 5.74. The molecule has 1 heterocycles. The molecule has 1 unspecified atom stereocenters. The Morgan fingerprint density at radius 1 is 1.67 bits per heavy atom. The Kier molecular flexibility index (Phi) is 3.21. The fraction of sp³-hybridized carbons (Fsp3) is 0.333. The first-order valence-corrected chi connectivity index (χ1v) is 3.94. The maximum Gasteiger partial charge on any atom is 0.193 e. The summed E-state index contributed by atoms with van der Waals surface area (Å²) < 4.78 is 4.99. The molecule has 12 heavy (non-hydrogen) atoms. The van der Waals surface area contributed by atoms with Crippen LogP contribution in [0, 0.1) is 11.8 Å². The number of aliphatic hydroxyl groups excluding tert-OH is 1. The van der Waals surface area contributed by atoms with Crippen LogP contribution in [-0.2, 0) is 0 Å². The van der Waals surface area contributed by atoms with Gasteiger partial charge in [0.05, 0.1) is 0 Å². The molecule has 0 saturated heterocycles. The fourth-order valence-electron chi connectivity index (χ4n) is 0.807. The van der Waals surface area contributed by atoms with Crippen LogP contribution < -0.4 is 0 Å². The standard InChI is InChI=1S/C9H9ClO2/c1-2-3-4-7(11)8-5-6-9(10)12-8/h5-7,11H,4H2,1H3. The van der Waals surface area contributed by atoms with Gasteiger partial charge in [0, 0.05) is 6.42 Å². The highest BCUT2D eigenvalue weighted by atomic mass is 35.5. The lowest BCUT2D eigenvalue weighted by molar-refractivity contribution is 0.155. The summed E-state index contributed by atoms with van der Waals surface area (Å²) in [4.78, 5) is 0. The number of aliphatic hydroxyl groups is 1. The molecular formula is C9H9ClO2. The van der Waals surface area contributed by atoms with Crippen molar-refractivity contribution in [1.82, 2.24) is 0 Å². The Hall–Kier alpha value is -0.910. The van der Waals surface area contributed by atoms with Crippen LogP contribution in [0.1, 0.15) is 25.2 Å². The molecular weight excluding hydrogens is 176 g/mol. The summed E-state index contributed by atoms with van der Waals surface area (Å²) in [5.41, 5.74) is 0. The number of rotatable bonds is 2. The zero-order valence-corrected chi connectivity index (χ0v) is 7.43. The van der Waals surface area contributed by atoms with E-state index in [1.165, 1.54) is 0 Å². The van der Waals surface area contributed by atoms with Crippen molar-refractivity contribution in [2.24, 2.45) is 0 Å². The first kappa shape index (κ1) is 9.18. The summed E-state index contributed by atoms with van der Waals surface area (Å²) in [6, 6.07) is 3.24. The average molecular weight is 185 g/mol. The third kappa shape index (κ3) is 2.30. The van der Waals surface area contributed by atoms with Gasteiger partial charge in [0.25, 0.3) is 0 Å². The van der Waals surface area contributed by atoms with Crippen LogP contribution in [0.2, 0.25) is 5.22 Å². The number of halogens is 1. The molecule has 0 amide bonds. The highest BCUT2D eigenvalue weighted by molar-refractivity contribution is 6.28. The van der Waals surface area contributed by atoms with E-state index in [1.807, 2.05) is 0 Å². The van der Waals surface area contributed by atoms with Crippen molar-refractivity contribution in [2.45, 2.75) is 19.4 Å². The zero-order valence-electron chi connectivity index (χ0n) is 6.67. The predicted molar refractivity (Wildman–Crippen MR) is 46.7 cm³/mol. The smallest absolute Gasteiger partial charge is 0.193 e. The molecule has 0 aliphatic rings. The normalized spacial score (nSPS) is 11.9. The highest BCUT2D eigenvalue weighted by Crippen LogP contribution is 2.21. The van der Waals surface area contributed by atoms with E-state index in [2.05, 4.69) is 11.8 Å². The maximum absolute atomic E-state index is 9.41. The zero-order chi connectivity index (χ0) is 8.97. The molecule has 0 radical (unpaired) electrons.